The zero-order valence-corrected chi connectivity index (χ0v) is 11.5. The molecule has 2 amide bonds. The highest BCUT2D eigenvalue weighted by Gasteiger charge is 2.20. The Kier molecular flexibility index (Phi) is 4.53. The van der Waals surface area contributed by atoms with Crippen LogP contribution in [-0.4, -0.2) is 42.4 Å². The number of hydrogen-bond donors (Lipinski definition) is 2. The van der Waals surface area contributed by atoms with Gasteiger partial charge in [-0.25, -0.2) is 0 Å². The van der Waals surface area contributed by atoms with Gasteiger partial charge in [-0.1, -0.05) is 12.1 Å². The van der Waals surface area contributed by atoms with Gasteiger partial charge in [-0.05, 0) is 30.7 Å². The number of primary amides is 1. The van der Waals surface area contributed by atoms with Gasteiger partial charge in [-0.2, -0.15) is 0 Å². The first kappa shape index (κ1) is 14.3. The van der Waals surface area contributed by atoms with Crippen LogP contribution in [0.2, 0.25) is 0 Å². The number of carbonyl (C=O) groups excluding carboxylic acids is 2. The van der Waals surface area contributed by atoms with E-state index in [0.29, 0.717) is 5.56 Å². The van der Waals surface area contributed by atoms with Gasteiger partial charge in [-0.15, -0.1) is 0 Å². The van der Waals surface area contributed by atoms with E-state index in [1.54, 1.807) is 36.4 Å². The molecule has 106 valence electrons. The Balaban J connectivity index is 2.01. The van der Waals surface area contributed by atoms with E-state index in [1.165, 1.54) is 0 Å². The topological polar surface area (TPSA) is 75.4 Å². The summed E-state index contributed by atoms with van der Waals surface area (Å²) in [7, 11) is 0. The lowest BCUT2D eigenvalue weighted by Crippen LogP contribution is -2.51. The zero-order chi connectivity index (χ0) is 14.5. The Morgan fingerprint density at radius 1 is 1.35 bits per heavy atom. The normalized spacial score (nSPS) is 19.2. The van der Waals surface area contributed by atoms with Gasteiger partial charge in [-0.3, -0.25) is 9.59 Å². The standard InChI is InChI=1S/C15H19N3O2/c1-11-10-17-8-9-18(11)14(19)7-4-12-2-5-13(6-3-12)15(16)20/h2-7,11,17H,8-10H2,1H3,(H2,16,20). The van der Waals surface area contributed by atoms with E-state index in [0.717, 1.165) is 25.2 Å². The Morgan fingerprint density at radius 3 is 2.65 bits per heavy atom. The molecule has 3 N–H and O–H groups in total. The molecule has 0 radical (unpaired) electrons. The third-order valence-electron chi connectivity index (χ3n) is 3.40. The first-order valence-corrected chi connectivity index (χ1v) is 6.67. The summed E-state index contributed by atoms with van der Waals surface area (Å²) in [6.45, 7) is 4.41. The molecule has 1 unspecified atom stereocenters. The molecule has 1 aromatic rings. The van der Waals surface area contributed by atoms with E-state index in [2.05, 4.69) is 5.32 Å². The summed E-state index contributed by atoms with van der Waals surface area (Å²) < 4.78 is 0. The SMILES string of the molecule is CC1CNCCN1C(=O)C=Cc1ccc(C(N)=O)cc1. The van der Waals surface area contributed by atoms with E-state index in [1.807, 2.05) is 11.8 Å². The molecule has 1 aromatic carbocycles. The number of piperazine rings is 1. The van der Waals surface area contributed by atoms with Crippen molar-refractivity contribution in [3.63, 3.8) is 0 Å². The van der Waals surface area contributed by atoms with Crippen LogP contribution in [0.25, 0.3) is 6.08 Å². The van der Waals surface area contributed by atoms with Crippen LogP contribution in [-0.2, 0) is 4.79 Å². The molecule has 1 heterocycles. The molecule has 0 aromatic heterocycles. The van der Waals surface area contributed by atoms with Crippen molar-refractivity contribution in [3.8, 4) is 0 Å². The smallest absolute Gasteiger partial charge is 0.248 e. The Hall–Kier alpha value is -2.14. The Labute approximate surface area is 118 Å². The number of benzene rings is 1. The number of nitrogens with one attached hydrogen (secondary N) is 1. The predicted octanol–water partition coefficient (Wildman–Crippen LogP) is 0.619. The first-order valence-electron chi connectivity index (χ1n) is 6.67. The number of carbonyl (C=O) groups is 2. The van der Waals surface area contributed by atoms with Gasteiger partial charge < -0.3 is 16.0 Å². The van der Waals surface area contributed by atoms with Crippen LogP contribution >= 0.6 is 0 Å². The molecule has 1 fully saturated rings. The van der Waals surface area contributed by atoms with Crippen LogP contribution < -0.4 is 11.1 Å². The third kappa shape index (κ3) is 3.45. The Bertz CT molecular complexity index is 522. The summed E-state index contributed by atoms with van der Waals surface area (Å²) in [5.74, 6) is -0.441. The van der Waals surface area contributed by atoms with Crippen LogP contribution in [0, 0.1) is 0 Å². The molecular formula is C15H19N3O2. The minimum atomic E-state index is -0.453. The molecule has 1 saturated heterocycles. The maximum absolute atomic E-state index is 12.1. The average molecular weight is 273 g/mol. The summed E-state index contributed by atoms with van der Waals surface area (Å²) in [4.78, 5) is 24.9. The number of nitrogens with zero attached hydrogens (tertiary/aromatic N) is 1. The molecule has 20 heavy (non-hydrogen) atoms. The summed E-state index contributed by atoms with van der Waals surface area (Å²) in [6.07, 6.45) is 3.32. The van der Waals surface area contributed by atoms with Gasteiger partial charge in [0, 0.05) is 37.3 Å². The third-order valence-corrected chi connectivity index (χ3v) is 3.40. The van der Waals surface area contributed by atoms with Crippen molar-refractivity contribution < 1.29 is 9.59 Å². The van der Waals surface area contributed by atoms with Gasteiger partial charge in [0.2, 0.25) is 11.8 Å². The number of nitrogens with two attached hydrogens (primary N) is 1. The van der Waals surface area contributed by atoms with E-state index in [9.17, 15) is 9.59 Å². The van der Waals surface area contributed by atoms with E-state index in [-0.39, 0.29) is 11.9 Å². The molecule has 5 heteroatoms. The van der Waals surface area contributed by atoms with Gasteiger partial charge in [0.1, 0.15) is 0 Å². The fraction of sp³-hybridized carbons (Fsp3) is 0.333. The molecule has 0 aliphatic carbocycles. The molecule has 2 rings (SSSR count). The second kappa shape index (κ2) is 6.34. The van der Waals surface area contributed by atoms with Gasteiger partial charge >= 0.3 is 0 Å². The maximum atomic E-state index is 12.1. The van der Waals surface area contributed by atoms with Crippen molar-refractivity contribution >= 4 is 17.9 Å². The van der Waals surface area contributed by atoms with Crippen molar-refractivity contribution in [2.45, 2.75) is 13.0 Å². The van der Waals surface area contributed by atoms with E-state index < -0.39 is 5.91 Å². The minimum absolute atomic E-state index is 0.0120. The lowest BCUT2D eigenvalue weighted by atomic mass is 10.1. The molecule has 1 aliphatic heterocycles. The maximum Gasteiger partial charge on any atom is 0.248 e. The summed E-state index contributed by atoms with van der Waals surface area (Å²) in [5.41, 5.74) is 6.50. The van der Waals surface area contributed by atoms with Crippen molar-refractivity contribution in [2.75, 3.05) is 19.6 Å². The van der Waals surface area contributed by atoms with Gasteiger partial charge in [0.05, 0.1) is 0 Å². The molecule has 5 nitrogen and oxygen atoms in total. The molecule has 1 atom stereocenters. The molecule has 0 saturated carbocycles. The van der Waals surface area contributed by atoms with Crippen LogP contribution in [0.5, 0.6) is 0 Å². The van der Waals surface area contributed by atoms with E-state index in [4.69, 9.17) is 5.73 Å². The summed E-state index contributed by atoms with van der Waals surface area (Å²) >= 11 is 0. The van der Waals surface area contributed by atoms with Crippen molar-refractivity contribution in [3.05, 3.63) is 41.5 Å². The lowest BCUT2D eigenvalue weighted by Gasteiger charge is -2.33. The highest BCUT2D eigenvalue weighted by molar-refractivity contribution is 5.94. The highest BCUT2D eigenvalue weighted by Crippen LogP contribution is 2.08. The predicted molar refractivity (Wildman–Crippen MR) is 78.0 cm³/mol. The molecule has 0 bridgehead atoms. The van der Waals surface area contributed by atoms with Crippen LogP contribution in [0.3, 0.4) is 0 Å². The molecule has 1 aliphatic rings. The quantitative estimate of drug-likeness (QED) is 0.793. The number of hydrogen-bond acceptors (Lipinski definition) is 3. The van der Waals surface area contributed by atoms with Gasteiger partial charge in [0.15, 0.2) is 0 Å². The minimum Gasteiger partial charge on any atom is -0.366 e. The molecule has 0 spiro atoms. The monoisotopic (exact) mass is 273 g/mol. The van der Waals surface area contributed by atoms with Crippen LogP contribution in [0.1, 0.15) is 22.8 Å². The lowest BCUT2D eigenvalue weighted by molar-refractivity contribution is -0.128. The van der Waals surface area contributed by atoms with Crippen molar-refractivity contribution in [1.29, 1.82) is 0 Å². The largest absolute Gasteiger partial charge is 0.366 e. The first-order chi connectivity index (χ1) is 9.58. The summed E-state index contributed by atoms with van der Waals surface area (Å²) in [6, 6.07) is 7.05. The van der Waals surface area contributed by atoms with Crippen molar-refractivity contribution in [2.24, 2.45) is 5.73 Å². The molecular weight excluding hydrogens is 254 g/mol. The zero-order valence-electron chi connectivity index (χ0n) is 11.5. The second-order valence-electron chi connectivity index (χ2n) is 4.90. The fourth-order valence-electron chi connectivity index (χ4n) is 2.19. The number of rotatable bonds is 3. The fourth-order valence-corrected chi connectivity index (χ4v) is 2.19. The summed E-state index contributed by atoms with van der Waals surface area (Å²) in [5, 5.41) is 3.25. The number of amides is 2. The van der Waals surface area contributed by atoms with Crippen LogP contribution in [0.4, 0.5) is 0 Å². The Morgan fingerprint density at radius 2 is 2.05 bits per heavy atom. The highest BCUT2D eigenvalue weighted by atomic mass is 16.2. The second-order valence-corrected chi connectivity index (χ2v) is 4.90. The van der Waals surface area contributed by atoms with Crippen LogP contribution in [0.15, 0.2) is 30.3 Å². The van der Waals surface area contributed by atoms with Crippen molar-refractivity contribution in [1.82, 2.24) is 10.2 Å². The average Bonchev–Trinajstić information content (AvgIpc) is 2.45. The van der Waals surface area contributed by atoms with Gasteiger partial charge in [0.25, 0.3) is 0 Å². The van der Waals surface area contributed by atoms with E-state index >= 15 is 0 Å².